The highest BCUT2D eigenvalue weighted by Crippen LogP contribution is 2.35. The highest BCUT2D eigenvalue weighted by atomic mass is 32.2. The molecule has 0 aliphatic heterocycles. The lowest BCUT2D eigenvalue weighted by Crippen LogP contribution is -2.17. The van der Waals surface area contributed by atoms with Gasteiger partial charge in [-0.1, -0.05) is 53.2 Å². The van der Waals surface area contributed by atoms with Crippen LogP contribution in [0.1, 0.15) is 27.0 Å². The average Bonchev–Trinajstić information content (AvgIpc) is 2.71. The Labute approximate surface area is 172 Å². The number of hydrogen-bond acceptors (Lipinski definition) is 5. The van der Waals surface area contributed by atoms with E-state index >= 15 is 0 Å². The van der Waals surface area contributed by atoms with Gasteiger partial charge in [-0.25, -0.2) is 5.43 Å². The van der Waals surface area contributed by atoms with Crippen molar-refractivity contribution in [2.45, 2.75) is 23.6 Å². The summed E-state index contributed by atoms with van der Waals surface area (Å²) in [6.45, 7) is 3.93. The van der Waals surface area contributed by atoms with Crippen LogP contribution in [0.25, 0.3) is 0 Å². The third kappa shape index (κ3) is 5.52. The Morgan fingerprint density at radius 1 is 1.00 bits per heavy atom. The van der Waals surface area contributed by atoms with Crippen molar-refractivity contribution in [1.82, 2.24) is 5.43 Å². The third-order valence-electron chi connectivity index (χ3n) is 4.12. The van der Waals surface area contributed by atoms with E-state index in [9.17, 15) is 14.9 Å². The van der Waals surface area contributed by atoms with Crippen molar-refractivity contribution in [3.8, 4) is 0 Å². The molecule has 0 saturated heterocycles. The van der Waals surface area contributed by atoms with Crippen molar-refractivity contribution in [3.63, 3.8) is 0 Å². The summed E-state index contributed by atoms with van der Waals surface area (Å²) in [7, 11) is 0. The molecule has 0 spiro atoms. The van der Waals surface area contributed by atoms with Crippen LogP contribution in [0.4, 0.5) is 5.69 Å². The maximum absolute atomic E-state index is 12.1. The van der Waals surface area contributed by atoms with Crippen LogP contribution in [-0.4, -0.2) is 17.0 Å². The first-order valence-corrected chi connectivity index (χ1v) is 9.67. The van der Waals surface area contributed by atoms with Crippen LogP contribution < -0.4 is 5.43 Å². The summed E-state index contributed by atoms with van der Waals surface area (Å²) in [4.78, 5) is 24.6. The molecule has 1 amide bonds. The largest absolute Gasteiger partial charge is 0.283 e. The molecule has 0 saturated carbocycles. The SMILES string of the molecule is Cc1ccc(Sc2ccc(/C=N\NC(=O)c3ccc(C)cc3)cc2[N+](=O)[O-])cc1. The maximum atomic E-state index is 12.1. The Morgan fingerprint density at radius 3 is 2.24 bits per heavy atom. The summed E-state index contributed by atoms with van der Waals surface area (Å²) >= 11 is 1.33. The summed E-state index contributed by atoms with van der Waals surface area (Å²) in [5.74, 6) is -0.345. The fraction of sp³-hybridized carbons (Fsp3) is 0.0909. The number of hydrogen-bond donors (Lipinski definition) is 1. The number of hydrazone groups is 1. The molecule has 0 aromatic heterocycles. The van der Waals surface area contributed by atoms with Gasteiger partial charge in [-0.2, -0.15) is 5.10 Å². The van der Waals surface area contributed by atoms with E-state index < -0.39 is 4.92 Å². The third-order valence-corrected chi connectivity index (χ3v) is 5.19. The normalized spacial score (nSPS) is 10.8. The van der Waals surface area contributed by atoms with Crippen molar-refractivity contribution >= 4 is 29.6 Å². The summed E-state index contributed by atoms with van der Waals surface area (Å²) in [6, 6.07) is 19.7. The second-order valence-corrected chi connectivity index (χ2v) is 7.58. The molecular weight excluding hydrogens is 386 g/mol. The van der Waals surface area contributed by atoms with Gasteiger partial charge < -0.3 is 0 Å². The zero-order chi connectivity index (χ0) is 20.8. The standard InChI is InChI=1S/C22H19N3O3S/c1-15-3-8-18(9-4-15)22(26)24-23-14-17-7-12-21(20(13-17)25(27)28)29-19-10-5-16(2)6-11-19/h3-14H,1-2H3,(H,24,26)/b23-14-. The van der Waals surface area contributed by atoms with Crippen molar-refractivity contribution in [1.29, 1.82) is 0 Å². The molecule has 0 heterocycles. The average molecular weight is 405 g/mol. The molecule has 3 aromatic carbocycles. The number of nitrogens with zero attached hydrogens (tertiary/aromatic N) is 2. The van der Waals surface area contributed by atoms with Gasteiger partial charge in [0.05, 0.1) is 16.0 Å². The van der Waals surface area contributed by atoms with Gasteiger partial charge in [-0.3, -0.25) is 14.9 Å². The molecule has 6 nitrogen and oxygen atoms in total. The van der Waals surface area contributed by atoms with Gasteiger partial charge in [-0.05, 0) is 44.2 Å². The van der Waals surface area contributed by atoms with Gasteiger partial charge in [0, 0.05) is 22.1 Å². The molecule has 0 unspecified atom stereocenters. The van der Waals surface area contributed by atoms with E-state index in [0.717, 1.165) is 16.0 Å². The summed E-state index contributed by atoms with van der Waals surface area (Å²) in [5, 5.41) is 15.4. The van der Waals surface area contributed by atoms with Crippen LogP contribution >= 0.6 is 11.8 Å². The first kappa shape index (κ1) is 20.3. The molecule has 0 aliphatic carbocycles. The maximum Gasteiger partial charge on any atom is 0.283 e. The van der Waals surface area contributed by atoms with Crippen molar-refractivity contribution < 1.29 is 9.72 Å². The summed E-state index contributed by atoms with van der Waals surface area (Å²) in [5.41, 5.74) is 5.62. The Kier molecular flexibility index (Phi) is 6.41. The molecule has 7 heteroatoms. The fourth-order valence-electron chi connectivity index (χ4n) is 2.51. The van der Waals surface area contributed by atoms with Gasteiger partial charge in [0.2, 0.25) is 0 Å². The van der Waals surface area contributed by atoms with Crippen LogP contribution in [0.5, 0.6) is 0 Å². The first-order chi connectivity index (χ1) is 13.9. The predicted molar refractivity (Wildman–Crippen MR) is 115 cm³/mol. The fourth-order valence-corrected chi connectivity index (χ4v) is 3.41. The lowest BCUT2D eigenvalue weighted by atomic mass is 10.1. The number of nitro benzene ring substituents is 1. The quantitative estimate of drug-likeness (QED) is 0.350. The topological polar surface area (TPSA) is 84.6 Å². The molecule has 1 N–H and O–H groups in total. The molecule has 146 valence electrons. The number of nitrogens with one attached hydrogen (secondary N) is 1. The van der Waals surface area contributed by atoms with E-state index in [-0.39, 0.29) is 11.6 Å². The number of carbonyl (C=O) groups is 1. The van der Waals surface area contributed by atoms with Gasteiger partial charge in [-0.15, -0.1) is 0 Å². The first-order valence-electron chi connectivity index (χ1n) is 8.85. The zero-order valence-electron chi connectivity index (χ0n) is 16.0. The summed E-state index contributed by atoms with van der Waals surface area (Å²) in [6.07, 6.45) is 1.39. The number of rotatable bonds is 6. The Hall–Kier alpha value is -3.45. The van der Waals surface area contributed by atoms with E-state index in [2.05, 4.69) is 10.5 Å². The molecule has 0 radical (unpaired) electrons. The summed E-state index contributed by atoms with van der Waals surface area (Å²) < 4.78 is 0. The van der Waals surface area contributed by atoms with Crippen molar-refractivity contribution in [2.75, 3.05) is 0 Å². The van der Waals surface area contributed by atoms with Crippen LogP contribution in [0.15, 0.2) is 81.6 Å². The smallest absolute Gasteiger partial charge is 0.267 e. The monoisotopic (exact) mass is 405 g/mol. The van der Waals surface area contributed by atoms with E-state index in [0.29, 0.717) is 16.0 Å². The molecular formula is C22H19N3O3S. The Balaban J connectivity index is 1.73. The molecule has 0 aliphatic rings. The lowest BCUT2D eigenvalue weighted by Gasteiger charge is -2.05. The van der Waals surface area contributed by atoms with E-state index in [1.54, 1.807) is 24.3 Å². The van der Waals surface area contributed by atoms with Gasteiger partial charge in [0.1, 0.15) is 0 Å². The van der Waals surface area contributed by atoms with Crippen LogP contribution in [0, 0.1) is 24.0 Å². The number of carbonyl (C=O) groups excluding carboxylic acids is 1. The van der Waals surface area contributed by atoms with Gasteiger partial charge in [0.25, 0.3) is 11.6 Å². The lowest BCUT2D eigenvalue weighted by molar-refractivity contribution is -0.387. The second kappa shape index (κ2) is 9.16. The zero-order valence-corrected chi connectivity index (χ0v) is 16.8. The van der Waals surface area contributed by atoms with E-state index in [1.165, 1.54) is 24.0 Å². The van der Waals surface area contributed by atoms with Crippen LogP contribution in [0.2, 0.25) is 0 Å². The number of aryl methyl sites for hydroxylation is 2. The van der Waals surface area contributed by atoms with Crippen molar-refractivity contribution in [2.24, 2.45) is 5.10 Å². The predicted octanol–water partition coefficient (Wildman–Crippen LogP) is 5.13. The second-order valence-electron chi connectivity index (χ2n) is 6.46. The molecule has 29 heavy (non-hydrogen) atoms. The van der Waals surface area contributed by atoms with Crippen LogP contribution in [-0.2, 0) is 0 Å². The van der Waals surface area contributed by atoms with E-state index in [4.69, 9.17) is 0 Å². The minimum Gasteiger partial charge on any atom is -0.267 e. The number of nitro groups is 1. The number of amides is 1. The van der Waals surface area contributed by atoms with E-state index in [1.807, 2.05) is 50.2 Å². The minimum atomic E-state index is -0.418. The van der Waals surface area contributed by atoms with Gasteiger partial charge >= 0.3 is 0 Å². The van der Waals surface area contributed by atoms with Gasteiger partial charge in [0.15, 0.2) is 0 Å². The molecule has 0 atom stereocenters. The minimum absolute atomic E-state index is 0.00983. The molecule has 3 rings (SSSR count). The van der Waals surface area contributed by atoms with Crippen molar-refractivity contribution in [3.05, 3.63) is 99.1 Å². The van der Waals surface area contributed by atoms with Crippen LogP contribution in [0.3, 0.4) is 0 Å². The highest BCUT2D eigenvalue weighted by Gasteiger charge is 2.15. The molecule has 3 aromatic rings. The number of benzene rings is 3. The highest BCUT2D eigenvalue weighted by molar-refractivity contribution is 7.99. The molecule has 0 fully saturated rings. The Bertz CT molecular complexity index is 1060. The Morgan fingerprint density at radius 2 is 1.62 bits per heavy atom. The molecule has 0 bridgehead atoms.